The quantitative estimate of drug-likeness (QED) is 0.413. The Morgan fingerprint density at radius 2 is 1.70 bits per heavy atom. The van der Waals surface area contributed by atoms with Gasteiger partial charge in [0.05, 0.1) is 23.8 Å². The smallest absolute Gasteiger partial charge is 0.265 e. The number of carbonyl (C=O) groups is 3. The van der Waals surface area contributed by atoms with Gasteiger partial charge in [-0.05, 0) is 73.9 Å². The molecule has 1 fully saturated rings. The van der Waals surface area contributed by atoms with Crippen LogP contribution in [0.4, 0.5) is 5.69 Å². The number of hydrogen-bond acceptors (Lipinski definition) is 6. The summed E-state index contributed by atoms with van der Waals surface area (Å²) in [6.45, 7) is 2.82. The van der Waals surface area contributed by atoms with Crippen molar-refractivity contribution in [3.63, 3.8) is 0 Å². The summed E-state index contributed by atoms with van der Waals surface area (Å²) >= 11 is 0. The van der Waals surface area contributed by atoms with Gasteiger partial charge >= 0.3 is 0 Å². The fraction of sp³-hybridized carbons (Fsp3) is 0.276. The third-order valence-corrected chi connectivity index (χ3v) is 6.39. The molecule has 5 rings (SSSR count). The molecule has 2 atom stereocenters. The highest BCUT2D eigenvalue weighted by molar-refractivity contribution is 6.21. The first-order valence-electron chi connectivity index (χ1n) is 12.4. The van der Waals surface area contributed by atoms with Gasteiger partial charge < -0.3 is 19.5 Å². The molecule has 0 aliphatic carbocycles. The van der Waals surface area contributed by atoms with E-state index < -0.39 is 6.10 Å². The third kappa shape index (κ3) is 5.49. The summed E-state index contributed by atoms with van der Waals surface area (Å²) in [5, 5.41) is 2.87. The van der Waals surface area contributed by atoms with E-state index in [1.54, 1.807) is 42.5 Å². The highest BCUT2D eigenvalue weighted by atomic mass is 16.5. The summed E-state index contributed by atoms with van der Waals surface area (Å²) in [6, 6.07) is 21.0. The largest absolute Gasteiger partial charge is 0.481 e. The van der Waals surface area contributed by atoms with Crippen LogP contribution in [0.25, 0.3) is 0 Å². The van der Waals surface area contributed by atoms with Gasteiger partial charge in [0.1, 0.15) is 17.2 Å². The predicted molar refractivity (Wildman–Crippen MR) is 137 cm³/mol. The van der Waals surface area contributed by atoms with Gasteiger partial charge in [-0.15, -0.1) is 0 Å². The van der Waals surface area contributed by atoms with E-state index in [-0.39, 0.29) is 30.4 Å². The van der Waals surface area contributed by atoms with Crippen molar-refractivity contribution in [1.29, 1.82) is 0 Å². The van der Waals surface area contributed by atoms with E-state index in [1.165, 1.54) is 4.90 Å². The standard InChI is InChI=1S/C29H28N2O6/c1-2-26(37-20-7-4-3-5-8-20)27(32)30-19-10-12-21(13-11-19)36-22-14-15-24-25(17-22)29(34)31(28(24)33)18-23-9-6-16-35-23/h3-5,7-8,10-15,17,23,26H,2,6,9,16,18H2,1H3,(H,30,32). The Balaban J connectivity index is 1.21. The molecule has 1 saturated heterocycles. The lowest BCUT2D eigenvalue weighted by molar-refractivity contribution is -0.122. The van der Waals surface area contributed by atoms with E-state index >= 15 is 0 Å². The van der Waals surface area contributed by atoms with E-state index in [0.29, 0.717) is 47.1 Å². The van der Waals surface area contributed by atoms with Gasteiger partial charge in [-0.3, -0.25) is 19.3 Å². The van der Waals surface area contributed by atoms with Gasteiger partial charge in [-0.2, -0.15) is 0 Å². The van der Waals surface area contributed by atoms with Crippen LogP contribution in [0.3, 0.4) is 0 Å². The van der Waals surface area contributed by atoms with Gasteiger partial charge in [0.15, 0.2) is 6.10 Å². The molecule has 3 amide bonds. The van der Waals surface area contributed by atoms with Gasteiger partial charge in [-0.1, -0.05) is 25.1 Å². The fourth-order valence-corrected chi connectivity index (χ4v) is 4.44. The van der Waals surface area contributed by atoms with Crippen LogP contribution in [0.5, 0.6) is 17.2 Å². The molecule has 0 saturated carbocycles. The highest BCUT2D eigenvalue weighted by Gasteiger charge is 2.37. The zero-order valence-electron chi connectivity index (χ0n) is 20.5. The number of carbonyl (C=O) groups excluding carboxylic acids is 3. The lowest BCUT2D eigenvalue weighted by atomic mass is 10.1. The molecule has 1 N–H and O–H groups in total. The molecule has 2 aliphatic rings. The number of amides is 3. The molecule has 0 radical (unpaired) electrons. The Bertz CT molecular complexity index is 1290. The molecule has 2 unspecified atom stereocenters. The molecule has 37 heavy (non-hydrogen) atoms. The van der Waals surface area contributed by atoms with Gasteiger partial charge in [0, 0.05) is 12.3 Å². The minimum atomic E-state index is -0.621. The lowest BCUT2D eigenvalue weighted by Gasteiger charge is -2.17. The first-order chi connectivity index (χ1) is 18.0. The summed E-state index contributed by atoms with van der Waals surface area (Å²) in [4.78, 5) is 39.6. The van der Waals surface area contributed by atoms with Crippen molar-refractivity contribution in [1.82, 2.24) is 4.90 Å². The van der Waals surface area contributed by atoms with Gasteiger partial charge in [-0.25, -0.2) is 0 Å². The molecular weight excluding hydrogens is 472 g/mol. The van der Waals surface area contributed by atoms with Crippen LogP contribution in [0, 0.1) is 0 Å². The van der Waals surface area contributed by atoms with E-state index in [4.69, 9.17) is 14.2 Å². The maximum Gasteiger partial charge on any atom is 0.265 e. The Morgan fingerprint density at radius 3 is 2.41 bits per heavy atom. The lowest BCUT2D eigenvalue weighted by Crippen LogP contribution is -2.36. The van der Waals surface area contributed by atoms with Crippen LogP contribution < -0.4 is 14.8 Å². The SMILES string of the molecule is CCC(Oc1ccccc1)C(=O)Nc1ccc(Oc2ccc3c(c2)C(=O)N(CC2CCCO2)C3=O)cc1. The number of benzene rings is 3. The minimum absolute atomic E-state index is 0.102. The first-order valence-corrected chi connectivity index (χ1v) is 12.4. The summed E-state index contributed by atoms with van der Waals surface area (Å²) in [7, 11) is 0. The molecule has 2 heterocycles. The van der Waals surface area contributed by atoms with Gasteiger partial charge in [0.25, 0.3) is 17.7 Å². The summed E-state index contributed by atoms with van der Waals surface area (Å²) in [6.07, 6.45) is 1.58. The van der Waals surface area contributed by atoms with Crippen LogP contribution in [0.1, 0.15) is 46.9 Å². The van der Waals surface area contributed by atoms with Crippen LogP contribution >= 0.6 is 0 Å². The van der Waals surface area contributed by atoms with Gasteiger partial charge in [0.2, 0.25) is 0 Å². The number of ether oxygens (including phenoxy) is 3. The number of anilines is 1. The van der Waals surface area contributed by atoms with E-state index in [2.05, 4.69) is 5.32 Å². The second kappa shape index (κ2) is 10.8. The van der Waals surface area contributed by atoms with Crippen LogP contribution in [-0.4, -0.2) is 48.0 Å². The Labute approximate surface area is 215 Å². The fourth-order valence-electron chi connectivity index (χ4n) is 4.44. The van der Waals surface area contributed by atoms with Crippen molar-refractivity contribution in [3.05, 3.63) is 83.9 Å². The van der Waals surface area contributed by atoms with Crippen molar-refractivity contribution in [2.45, 2.75) is 38.4 Å². The molecular formula is C29H28N2O6. The summed E-state index contributed by atoms with van der Waals surface area (Å²) in [5.41, 5.74) is 1.30. The second-order valence-corrected chi connectivity index (χ2v) is 9.01. The molecule has 3 aromatic rings. The zero-order valence-corrected chi connectivity index (χ0v) is 20.5. The summed E-state index contributed by atoms with van der Waals surface area (Å²) in [5.74, 6) is 0.731. The molecule has 0 spiro atoms. The monoisotopic (exact) mass is 500 g/mol. The molecule has 0 bridgehead atoms. The van der Waals surface area contributed by atoms with Crippen molar-refractivity contribution in [3.8, 4) is 17.2 Å². The zero-order chi connectivity index (χ0) is 25.8. The minimum Gasteiger partial charge on any atom is -0.481 e. The molecule has 2 aliphatic heterocycles. The molecule has 8 heteroatoms. The number of nitrogens with zero attached hydrogens (tertiary/aromatic N) is 1. The number of fused-ring (bicyclic) bond motifs is 1. The van der Waals surface area contributed by atoms with Crippen molar-refractivity contribution in [2.24, 2.45) is 0 Å². The topological polar surface area (TPSA) is 94.2 Å². The number of hydrogen-bond donors (Lipinski definition) is 1. The first kappa shape index (κ1) is 24.5. The molecule has 8 nitrogen and oxygen atoms in total. The van der Waals surface area contributed by atoms with E-state index in [0.717, 1.165) is 12.8 Å². The predicted octanol–water partition coefficient (Wildman–Crippen LogP) is 5.05. The molecule has 3 aromatic carbocycles. The van der Waals surface area contributed by atoms with Crippen LogP contribution in [0.2, 0.25) is 0 Å². The summed E-state index contributed by atoms with van der Waals surface area (Å²) < 4.78 is 17.3. The third-order valence-electron chi connectivity index (χ3n) is 6.39. The number of para-hydroxylation sites is 1. The molecule has 190 valence electrons. The number of rotatable bonds is 9. The normalized spacial score (nSPS) is 17.4. The average Bonchev–Trinajstić information content (AvgIpc) is 3.52. The second-order valence-electron chi connectivity index (χ2n) is 9.01. The average molecular weight is 501 g/mol. The maximum absolute atomic E-state index is 12.9. The van der Waals surface area contributed by atoms with Crippen LogP contribution in [-0.2, 0) is 9.53 Å². The van der Waals surface area contributed by atoms with E-state index in [9.17, 15) is 14.4 Å². The Morgan fingerprint density at radius 1 is 0.973 bits per heavy atom. The Kier molecular flexibility index (Phi) is 7.18. The Hall–Kier alpha value is -4.17. The number of imide groups is 1. The molecule has 0 aromatic heterocycles. The maximum atomic E-state index is 12.9. The number of nitrogens with one attached hydrogen (secondary N) is 1. The van der Waals surface area contributed by atoms with Crippen molar-refractivity contribution in [2.75, 3.05) is 18.5 Å². The van der Waals surface area contributed by atoms with Crippen molar-refractivity contribution >= 4 is 23.4 Å². The highest BCUT2D eigenvalue weighted by Crippen LogP contribution is 2.31. The van der Waals surface area contributed by atoms with Crippen LogP contribution in [0.15, 0.2) is 72.8 Å². The van der Waals surface area contributed by atoms with Crippen molar-refractivity contribution < 1.29 is 28.6 Å². The van der Waals surface area contributed by atoms with E-state index in [1.807, 2.05) is 37.3 Å².